The summed E-state index contributed by atoms with van der Waals surface area (Å²) in [5.41, 5.74) is 3.45. The Balaban J connectivity index is 1.12. The van der Waals surface area contributed by atoms with E-state index in [9.17, 15) is 9.59 Å². The number of anilines is 2. The highest BCUT2D eigenvalue weighted by molar-refractivity contribution is 5.95. The van der Waals surface area contributed by atoms with Crippen LogP contribution in [0, 0.1) is 11.8 Å². The van der Waals surface area contributed by atoms with Gasteiger partial charge in [0.15, 0.2) is 0 Å². The molecule has 0 aromatic heterocycles. The zero-order valence-corrected chi connectivity index (χ0v) is 22.4. The van der Waals surface area contributed by atoms with Crippen molar-refractivity contribution in [1.29, 1.82) is 0 Å². The van der Waals surface area contributed by atoms with Crippen molar-refractivity contribution >= 4 is 23.2 Å². The molecule has 2 N–H and O–H groups in total. The van der Waals surface area contributed by atoms with E-state index in [0.717, 1.165) is 11.1 Å². The zero-order chi connectivity index (χ0) is 27.6. The fourth-order valence-electron chi connectivity index (χ4n) is 4.95. The molecule has 6 heteroatoms. The van der Waals surface area contributed by atoms with Gasteiger partial charge in [0.25, 0.3) is 0 Å². The van der Waals surface area contributed by atoms with Gasteiger partial charge in [0.05, 0.1) is 11.4 Å². The molecule has 1 aliphatic rings. The van der Waals surface area contributed by atoms with E-state index >= 15 is 0 Å². The highest BCUT2D eigenvalue weighted by atomic mass is 16.5. The maximum atomic E-state index is 13.1. The first kappa shape index (κ1) is 27.0. The Morgan fingerprint density at radius 3 is 1.27 bits per heavy atom. The first-order valence-electron chi connectivity index (χ1n) is 13.8. The van der Waals surface area contributed by atoms with Crippen molar-refractivity contribution in [2.75, 3.05) is 10.6 Å². The van der Waals surface area contributed by atoms with Crippen molar-refractivity contribution in [3.8, 4) is 11.5 Å². The average Bonchev–Trinajstić information content (AvgIpc) is 3.01. The molecule has 40 heavy (non-hydrogen) atoms. The zero-order valence-electron chi connectivity index (χ0n) is 22.4. The van der Waals surface area contributed by atoms with Crippen molar-refractivity contribution in [2.24, 2.45) is 11.8 Å². The van der Waals surface area contributed by atoms with E-state index in [-0.39, 0.29) is 23.7 Å². The third-order valence-corrected chi connectivity index (χ3v) is 7.23. The third-order valence-electron chi connectivity index (χ3n) is 7.23. The van der Waals surface area contributed by atoms with Gasteiger partial charge in [-0.05, 0) is 61.1 Å². The summed E-state index contributed by atoms with van der Waals surface area (Å²) in [7, 11) is 0. The molecule has 1 fully saturated rings. The monoisotopic (exact) mass is 534 g/mol. The molecule has 0 spiro atoms. The van der Waals surface area contributed by atoms with Gasteiger partial charge in [-0.25, -0.2) is 0 Å². The van der Waals surface area contributed by atoms with Crippen LogP contribution in [-0.2, 0) is 22.8 Å². The van der Waals surface area contributed by atoms with E-state index in [1.165, 1.54) is 0 Å². The summed E-state index contributed by atoms with van der Waals surface area (Å²) in [6.07, 6.45) is 2.62. The molecule has 204 valence electrons. The smallest absolute Gasteiger partial charge is 0.227 e. The van der Waals surface area contributed by atoms with E-state index in [1.54, 1.807) is 0 Å². The molecule has 4 aromatic rings. The summed E-state index contributed by atoms with van der Waals surface area (Å²) in [4.78, 5) is 26.2. The number of carbonyl (C=O) groups excluding carboxylic acids is 2. The summed E-state index contributed by atoms with van der Waals surface area (Å²) in [5, 5.41) is 6.11. The van der Waals surface area contributed by atoms with Crippen LogP contribution in [0.5, 0.6) is 11.5 Å². The van der Waals surface area contributed by atoms with Crippen LogP contribution in [0.15, 0.2) is 109 Å². The lowest BCUT2D eigenvalue weighted by Gasteiger charge is -2.27. The lowest BCUT2D eigenvalue weighted by molar-refractivity contribution is -0.125. The number of benzene rings is 4. The van der Waals surface area contributed by atoms with Crippen molar-refractivity contribution in [3.05, 3.63) is 120 Å². The lowest BCUT2D eigenvalue weighted by Crippen LogP contribution is -2.32. The molecule has 0 atom stereocenters. The Morgan fingerprint density at radius 1 is 0.525 bits per heavy atom. The number of carbonyl (C=O) groups is 2. The van der Waals surface area contributed by atoms with Gasteiger partial charge in [-0.15, -0.1) is 0 Å². The van der Waals surface area contributed by atoms with Crippen LogP contribution in [0.4, 0.5) is 11.4 Å². The number of hydrogen-bond donors (Lipinski definition) is 2. The number of para-hydroxylation sites is 4. The molecular formula is C34H34N2O4. The topological polar surface area (TPSA) is 76.7 Å². The number of amides is 2. The molecule has 0 heterocycles. The predicted octanol–water partition coefficient (Wildman–Crippen LogP) is 7.23. The summed E-state index contributed by atoms with van der Waals surface area (Å²) >= 11 is 0. The van der Waals surface area contributed by atoms with E-state index in [4.69, 9.17) is 9.47 Å². The second-order valence-electron chi connectivity index (χ2n) is 10.1. The molecule has 0 unspecified atom stereocenters. The lowest BCUT2D eigenvalue weighted by atomic mass is 9.81. The molecule has 4 aromatic carbocycles. The van der Waals surface area contributed by atoms with E-state index < -0.39 is 0 Å². The second kappa shape index (κ2) is 13.5. The molecular weight excluding hydrogens is 500 g/mol. The molecule has 1 saturated carbocycles. The SMILES string of the molecule is O=C(Nc1ccccc1OCc1ccccc1)C1CCC(C(=O)Nc2ccccc2OCc2ccccc2)CC1. The fourth-order valence-corrected chi connectivity index (χ4v) is 4.95. The summed E-state index contributed by atoms with van der Waals surface area (Å²) in [5.74, 6) is 0.922. The molecule has 0 saturated heterocycles. The number of ether oxygens (including phenoxy) is 2. The second-order valence-corrected chi connectivity index (χ2v) is 10.1. The van der Waals surface area contributed by atoms with Crippen molar-refractivity contribution in [2.45, 2.75) is 38.9 Å². The van der Waals surface area contributed by atoms with Crippen LogP contribution in [0.1, 0.15) is 36.8 Å². The minimum Gasteiger partial charge on any atom is -0.487 e. The Labute approximate surface area is 235 Å². The fraction of sp³-hybridized carbons (Fsp3) is 0.235. The van der Waals surface area contributed by atoms with Crippen molar-refractivity contribution in [3.63, 3.8) is 0 Å². The quantitative estimate of drug-likeness (QED) is 0.225. The van der Waals surface area contributed by atoms with Crippen LogP contribution < -0.4 is 20.1 Å². The predicted molar refractivity (Wildman–Crippen MR) is 157 cm³/mol. The Morgan fingerprint density at radius 2 is 0.875 bits per heavy atom. The van der Waals surface area contributed by atoms with Gasteiger partial charge in [0, 0.05) is 11.8 Å². The minimum absolute atomic E-state index is 0.0331. The summed E-state index contributed by atoms with van der Waals surface area (Å²) in [6, 6.07) is 34.8. The largest absolute Gasteiger partial charge is 0.487 e. The molecule has 5 rings (SSSR count). The van der Waals surface area contributed by atoms with Gasteiger partial charge in [0.2, 0.25) is 11.8 Å². The van der Waals surface area contributed by atoms with Gasteiger partial charge >= 0.3 is 0 Å². The van der Waals surface area contributed by atoms with Gasteiger partial charge in [-0.2, -0.15) is 0 Å². The number of rotatable bonds is 10. The molecule has 1 aliphatic carbocycles. The Kier molecular flexibility index (Phi) is 9.09. The molecule has 0 bridgehead atoms. The Bertz CT molecular complexity index is 1290. The first-order chi connectivity index (χ1) is 19.7. The van der Waals surface area contributed by atoms with E-state index in [0.29, 0.717) is 61.8 Å². The Hall–Kier alpha value is -4.58. The normalized spacial score (nSPS) is 16.5. The van der Waals surface area contributed by atoms with E-state index in [2.05, 4.69) is 10.6 Å². The van der Waals surface area contributed by atoms with Crippen molar-refractivity contribution in [1.82, 2.24) is 0 Å². The van der Waals surface area contributed by atoms with E-state index in [1.807, 2.05) is 109 Å². The maximum Gasteiger partial charge on any atom is 0.227 e. The van der Waals surface area contributed by atoms with Crippen LogP contribution in [-0.4, -0.2) is 11.8 Å². The standard InChI is InChI=1S/C34H34N2O4/c37-33(35-29-15-7-9-17-31(29)39-23-25-11-3-1-4-12-25)27-19-21-28(22-20-27)34(38)36-30-16-8-10-18-32(30)40-24-26-13-5-2-6-14-26/h1-18,27-28H,19-24H2,(H,35,37)(H,36,38). The average molecular weight is 535 g/mol. The van der Waals surface area contributed by atoms with Crippen molar-refractivity contribution < 1.29 is 19.1 Å². The van der Waals surface area contributed by atoms with Gasteiger partial charge in [-0.3, -0.25) is 9.59 Å². The van der Waals surface area contributed by atoms with Gasteiger partial charge < -0.3 is 20.1 Å². The molecule has 6 nitrogen and oxygen atoms in total. The maximum absolute atomic E-state index is 13.1. The minimum atomic E-state index is -0.146. The van der Waals surface area contributed by atoms with Crippen LogP contribution in [0.3, 0.4) is 0 Å². The number of nitrogens with one attached hydrogen (secondary N) is 2. The molecule has 0 aliphatic heterocycles. The van der Waals surface area contributed by atoms with Crippen LogP contribution >= 0.6 is 0 Å². The molecule has 0 radical (unpaired) electrons. The third kappa shape index (κ3) is 7.29. The van der Waals surface area contributed by atoms with Crippen LogP contribution in [0.25, 0.3) is 0 Å². The first-order valence-corrected chi connectivity index (χ1v) is 13.8. The van der Waals surface area contributed by atoms with Crippen LogP contribution in [0.2, 0.25) is 0 Å². The highest BCUT2D eigenvalue weighted by Crippen LogP contribution is 2.33. The molecule has 2 amide bonds. The van der Waals surface area contributed by atoms with Gasteiger partial charge in [0.1, 0.15) is 24.7 Å². The summed E-state index contributed by atoms with van der Waals surface area (Å²) < 4.78 is 12.0. The number of hydrogen-bond acceptors (Lipinski definition) is 4. The highest BCUT2D eigenvalue weighted by Gasteiger charge is 2.30. The van der Waals surface area contributed by atoms with Gasteiger partial charge in [-0.1, -0.05) is 84.9 Å². The summed E-state index contributed by atoms with van der Waals surface area (Å²) in [6.45, 7) is 0.850.